The van der Waals surface area contributed by atoms with Crippen LogP contribution in [0.15, 0.2) is 41.6 Å². The van der Waals surface area contributed by atoms with E-state index in [-0.39, 0.29) is 6.61 Å². The normalized spacial score (nSPS) is 11.3. The topological polar surface area (TPSA) is 106 Å². The van der Waals surface area contributed by atoms with E-state index >= 15 is 0 Å². The van der Waals surface area contributed by atoms with E-state index in [2.05, 4.69) is 12.1 Å². The zero-order valence-corrected chi connectivity index (χ0v) is 19.0. The number of unbranched alkanes of at least 4 members (excludes halogenated alkanes) is 1. The van der Waals surface area contributed by atoms with Crippen LogP contribution in [0.1, 0.15) is 48.4 Å². The van der Waals surface area contributed by atoms with E-state index in [0.29, 0.717) is 5.69 Å². The van der Waals surface area contributed by atoms with E-state index in [1.165, 1.54) is 7.05 Å². The quantitative estimate of drug-likeness (QED) is 0.272. The minimum Gasteiger partial charge on any atom is -0.489 e. The molecular weight excluding hydrogens is 394 g/mol. The van der Waals surface area contributed by atoms with Gasteiger partial charge in [-0.15, -0.1) is 0 Å². The third kappa shape index (κ3) is 6.19. The number of benzene rings is 2. The highest BCUT2D eigenvalue weighted by Gasteiger charge is 2.19. The number of amides is 2. The molecule has 8 heteroatoms. The van der Waals surface area contributed by atoms with Gasteiger partial charge in [-0.2, -0.15) is 0 Å². The number of nitrogens with two attached hydrogens (primary N) is 2. The molecule has 0 spiro atoms. The monoisotopic (exact) mass is 427 g/mol. The first-order chi connectivity index (χ1) is 14.8. The SMILES string of the molecule is CCCCC(=NOC)c1ccc(OCc2c(C)cccc2N(N)C(=O)N(C)N)c(C)c1. The first-order valence-corrected chi connectivity index (χ1v) is 10.3. The molecule has 0 aliphatic carbocycles. The summed E-state index contributed by atoms with van der Waals surface area (Å²) in [6, 6.07) is 11.0. The van der Waals surface area contributed by atoms with Crippen molar-refractivity contribution in [1.82, 2.24) is 5.01 Å². The van der Waals surface area contributed by atoms with Crippen LogP contribution in [-0.2, 0) is 11.4 Å². The van der Waals surface area contributed by atoms with Crippen LogP contribution in [0.3, 0.4) is 0 Å². The lowest BCUT2D eigenvalue weighted by Gasteiger charge is -2.24. The molecule has 0 aliphatic rings. The summed E-state index contributed by atoms with van der Waals surface area (Å²) in [7, 11) is 3.00. The zero-order chi connectivity index (χ0) is 23.0. The highest BCUT2D eigenvalue weighted by Crippen LogP contribution is 2.27. The van der Waals surface area contributed by atoms with Crippen LogP contribution in [0.4, 0.5) is 10.5 Å². The molecule has 0 atom stereocenters. The molecule has 0 aliphatic heterocycles. The van der Waals surface area contributed by atoms with Crippen molar-refractivity contribution in [2.75, 3.05) is 19.2 Å². The number of carbonyl (C=O) groups excluding carboxylic acids is 1. The van der Waals surface area contributed by atoms with Crippen molar-refractivity contribution in [3.05, 3.63) is 58.7 Å². The summed E-state index contributed by atoms with van der Waals surface area (Å²) in [5.74, 6) is 12.3. The van der Waals surface area contributed by atoms with Gasteiger partial charge in [-0.25, -0.2) is 21.5 Å². The van der Waals surface area contributed by atoms with Crippen LogP contribution in [-0.4, -0.2) is 30.9 Å². The predicted octanol–water partition coefficient (Wildman–Crippen LogP) is 4.03. The molecule has 0 saturated carbocycles. The molecule has 4 N–H and O–H groups in total. The molecule has 0 radical (unpaired) electrons. The lowest BCUT2D eigenvalue weighted by Crippen LogP contribution is -2.49. The van der Waals surface area contributed by atoms with Crippen LogP contribution >= 0.6 is 0 Å². The minimum atomic E-state index is -0.524. The number of ether oxygens (including phenoxy) is 1. The van der Waals surface area contributed by atoms with Crippen LogP contribution in [0.2, 0.25) is 0 Å². The van der Waals surface area contributed by atoms with E-state index in [1.54, 1.807) is 13.2 Å². The second kappa shape index (κ2) is 11.3. The summed E-state index contributed by atoms with van der Waals surface area (Å²) in [5.41, 5.74) is 5.24. The molecule has 8 nitrogen and oxygen atoms in total. The lowest BCUT2D eigenvalue weighted by atomic mass is 10.0. The summed E-state index contributed by atoms with van der Waals surface area (Å²) < 4.78 is 6.10. The molecule has 0 bridgehead atoms. The summed E-state index contributed by atoms with van der Waals surface area (Å²) in [6.07, 6.45) is 2.98. The van der Waals surface area contributed by atoms with Gasteiger partial charge in [0.05, 0.1) is 11.4 Å². The maximum Gasteiger partial charge on any atom is 0.352 e. The van der Waals surface area contributed by atoms with Crippen LogP contribution < -0.4 is 21.4 Å². The first kappa shape index (κ1) is 24.2. The molecule has 0 saturated heterocycles. The third-order valence-electron chi connectivity index (χ3n) is 5.00. The van der Waals surface area contributed by atoms with Crippen LogP contribution in [0.25, 0.3) is 0 Å². The molecule has 168 valence electrons. The van der Waals surface area contributed by atoms with Gasteiger partial charge in [-0.3, -0.25) is 5.01 Å². The predicted molar refractivity (Wildman–Crippen MR) is 124 cm³/mol. The van der Waals surface area contributed by atoms with Gasteiger partial charge in [0.25, 0.3) is 0 Å². The average Bonchev–Trinajstić information content (AvgIpc) is 2.75. The molecule has 0 heterocycles. The fourth-order valence-electron chi connectivity index (χ4n) is 3.21. The second-order valence-electron chi connectivity index (χ2n) is 7.43. The van der Waals surface area contributed by atoms with Gasteiger partial charge in [0, 0.05) is 12.6 Å². The smallest absolute Gasteiger partial charge is 0.352 e. The summed E-state index contributed by atoms with van der Waals surface area (Å²) >= 11 is 0. The van der Waals surface area contributed by atoms with E-state index in [1.807, 2.05) is 44.2 Å². The van der Waals surface area contributed by atoms with Crippen molar-refractivity contribution in [2.45, 2.75) is 46.6 Å². The standard InChI is InChI=1S/C23H33N5O3/c1-6-7-10-20(26-30-5)18-12-13-22(17(3)14-18)31-15-19-16(2)9-8-11-21(19)28(25)23(29)27(4)24/h8-9,11-14H,6-7,10,15,24-25H2,1-5H3. The van der Waals surface area contributed by atoms with Crippen molar-refractivity contribution in [3.63, 3.8) is 0 Å². The van der Waals surface area contributed by atoms with E-state index < -0.39 is 6.03 Å². The highest BCUT2D eigenvalue weighted by atomic mass is 16.6. The number of nitrogens with zero attached hydrogens (tertiary/aromatic N) is 3. The second-order valence-corrected chi connectivity index (χ2v) is 7.43. The van der Waals surface area contributed by atoms with Crippen LogP contribution in [0.5, 0.6) is 5.75 Å². The Bertz CT molecular complexity index is 927. The Morgan fingerprint density at radius 3 is 2.48 bits per heavy atom. The number of hydrogen-bond donors (Lipinski definition) is 2. The number of hydrazine groups is 2. The maximum atomic E-state index is 12.2. The van der Waals surface area contributed by atoms with E-state index in [0.717, 1.165) is 63.0 Å². The number of urea groups is 1. The van der Waals surface area contributed by atoms with Gasteiger partial charge in [-0.1, -0.05) is 30.6 Å². The van der Waals surface area contributed by atoms with Crippen molar-refractivity contribution in [3.8, 4) is 5.75 Å². The molecular formula is C23H33N5O3. The molecule has 2 rings (SSSR count). The van der Waals surface area contributed by atoms with Gasteiger partial charge in [0.2, 0.25) is 0 Å². The number of aryl methyl sites for hydroxylation is 2. The highest BCUT2D eigenvalue weighted by molar-refractivity contribution is 6.00. The number of hydrogen-bond acceptors (Lipinski definition) is 6. The summed E-state index contributed by atoms with van der Waals surface area (Å²) in [6.45, 7) is 6.34. The third-order valence-corrected chi connectivity index (χ3v) is 5.00. The molecule has 2 aromatic carbocycles. The number of carbonyl (C=O) groups is 1. The zero-order valence-electron chi connectivity index (χ0n) is 19.0. The molecule has 2 aromatic rings. The van der Waals surface area contributed by atoms with Gasteiger partial charge in [-0.05, 0) is 67.6 Å². The fourth-order valence-corrected chi connectivity index (χ4v) is 3.21. The largest absolute Gasteiger partial charge is 0.489 e. The summed E-state index contributed by atoms with van der Waals surface area (Å²) in [5, 5.41) is 6.15. The van der Waals surface area contributed by atoms with Gasteiger partial charge in [0.1, 0.15) is 19.5 Å². The van der Waals surface area contributed by atoms with Crippen LogP contribution in [0, 0.1) is 13.8 Å². The van der Waals surface area contributed by atoms with Gasteiger partial charge in [0.15, 0.2) is 0 Å². The molecule has 2 amide bonds. The molecule has 0 unspecified atom stereocenters. The lowest BCUT2D eigenvalue weighted by molar-refractivity contribution is 0.212. The maximum absolute atomic E-state index is 12.2. The Morgan fingerprint density at radius 2 is 1.87 bits per heavy atom. The molecule has 0 fully saturated rings. The fraction of sp³-hybridized carbons (Fsp3) is 0.391. The van der Waals surface area contributed by atoms with Gasteiger partial charge >= 0.3 is 6.03 Å². The number of anilines is 1. The average molecular weight is 428 g/mol. The van der Waals surface area contributed by atoms with Crippen molar-refractivity contribution >= 4 is 17.4 Å². The Hall–Kier alpha value is -3.10. The number of oxime groups is 1. The Balaban J connectivity index is 2.24. The molecule has 31 heavy (non-hydrogen) atoms. The van der Waals surface area contributed by atoms with Gasteiger partial charge < -0.3 is 9.57 Å². The van der Waals surface area contributed by atoms with E-state index in [9.17, 15) is 4.79 Å². The van der Waals surface area contributed by atoms with E-state index in [4.69, 9.17) is 21.3 Å². The first-order valence-electron chi connectivity index (χ1n) is 10.3. The molecule has 0 aromatic heterocycles. The minimum absolute atomic E-state index is 0.256. The van der Waals surface area contributed by atoms with Crippen molar-refractivity contribution < 1.29 is 14.4 Å². The Morgan fingerprint density at radius 1 is 1.13 bits per heavy atom. The Labute approximate surface area is 184 Å². The van der Waals surface area contributed by atoms with Crippen molar-refractivity contribution in [1.29, 1.82) is 0 Å². The Kier molecular flexibility index (Phi) is 8.84. The summed E-state index contributed by atoms with van der Waals surface area (Å²) in [4.78, 5) is 17.2. The van der Waals surface area contributed by atoms with Crippen molar-refractivity contribution in [2.24, 2.45) is 16.8 Å². The number of rotatable bonds is 9.